The summed E-state index contributed by atoms with van der Waals surface area (Å²) in [5, 5.41) is 2.89. The van der Waals surface area contributed by atoms with Gasteiger partial charge in [0.15, 0.2) is 5.78 Å². The molecule has 0 unspecified atom stereocenters. The summed E-state index contributed by atoms with van der Waals surface area (Å²) in [7, 11) is 0. The standard InChI is InChI=1S/C27H27N3O3/c1-20-4-2-7-23(16-20)25(31)18-22-6-3-5-21(17-22)8-9-27(32)29-24-10-11-28-26(19-24)30-12-14-33-15-13-30/h2-11,16-17,19H,12-15,18H2,1H3,(H,28,29,32)/b9-8+. The molecule has 2 heterocycles. The van der Waals surface area contributed by atoms with Crippen LogP contribution in [0.5, 0.6) is 0 Å². The summed E-state index contributed by atoms with van der Waals surface area (Å²) < 4.78 is 5.38. The van der Waals surface area contributed by atoms with Gasteiger partial charge in [-0.05, 0) is 36.3 Å². The fraction of sp³-hybridized carbons (Fsp3) is 0.222. The number of morpholine rings is 1. The zero-order valence-electron chi connectivity index (χ0n) is 18.7. The van der Waals surface area contributed by atoms with Gasteiger partial charge in [0.05, 0.1) is 13.2 Å². The number of amides is 1. The van der Waals surface area contributed by atoms with Crippen LogP contribution in [0.1, 0.15) is 27.0 Å². The second-order valence-electron chi connectivity index (χ2n) is 8.04. The highest BCUT2D eigenvalue weighted by Crippen LogP contribution is 2.18. The minimum atomic E-state index is -0.227. The maximum absolute atomic E-state index is 12.6. The molecule has 6 nitrogen and oxygen atoms in total. The lowest BCUT2D eigenvalue weighted by Gasteiger charge is -2.27. The van der Waals surface area contributed by atoms with Gasteiger partial charge in [0.25, 0.3) is 0 Å². The highest BCUT2D eigenvalue weighted by Gasteiger charge is 2.13. The molecule has 3 aromatic rings. The van der Waals surface area contributed by atoms with Crippen LogP contribution >= 0.6 is 0 Å². The van der Waals surface area contributed by atoms with Crippen molar-refractivity contribution in [1.82, 2.24) is 4.98 Å². The van der Waals surface area contributed by atoms with Gasteiger partial charge in [0, 0.05) is 49.1 Å². The molecule has 1 aromatic heterocycles. The fourth-order valence-electron chi connectivity index (χ4n) is 3.73. The molecule has 0 bridgehead atoms. The number of hydrogen-bond donors (Lipinski definition) is 1. The van der Waals surface area contributed by atoms with E-state index in [1.54, 1.807) is 18.3 Å². The quantitative estimate of drug-likeness (QED) is 0.437. The Kier molecular flexibility index (Phi) is 7.27. The third kappa shape index (κ3) is 6.37. The Morgan fingerprint density at radius 1 is 1.06 bits per heavy atom. The van der Waals surface area contributed by atoms with Crippen LogP contribution < -0.4 is 10.2 Å². The van der Waals surface area contributed by atoms with Gasteiger partial charge in [-0.25, -0.2) is 4.98 Å². The first kappa shape index (κ1) is 22.4. The third-order valence-electron chi connectivity index (χ3n) is 5.43. The van der Waals surface area contributed by atoms with Crippen molar-refractivity contribution in [2.24, 2.45) is 0 Å². The molecular formula is C27H27N3O3. The molecule has 33 heavy (non-hydrogen) atoms. The first-order chi connectivity index (χ1) is 16.1. The number of rotatable bonds is 7. The average molecular weight is 442 g/mol. The molecular weight excluding hydrogens is 414 g/mol. The fourth-order valence-corrected chi connectivity index (χ4v) is 3.73. The van der Waals surface area contributed by atoms with E-state index < -0.39 is 0 Å². The molecule has 2 aromatic carbocycles. The predicted octanol–water partition coefficient (Wildman–Crippen LogP) is 4.30. The van der Waals surface area contributed by atoms with E-state index in [2.05, 4.69) is 15.2 Å². The number of aromatic nitrogens is 1. The minimum absolute atomic E-state index is 0.0753. The molecule has 4 rings (SSSR count). The van der Waals surface area contributed by atoms with E-state index in [0.29, 0.717) is 30.9 Å². The predicted molar refractivity (Wildman–Crippen MR) is 131 cm³/mol. The normalized spacial score (nSPS) is 13.8. The molecule has 0 aliphatic carbocycles. The first-order valence-electron chi connectivity index (χ1n) is 11.0. The first-order valence-corrected chi connectivity index (χ1v) is 11.0. The van der Waals surface area contributed by atoms with Crippen LogP contribution in [0.3, 0.4) is 0 Å². The topological polar surface area (TPSA) is 71.5 Å². The zero-order chi connectivity index (χ0) is 23.0. The number of hydrogen-bond acceptors (Lipinski definition) is 5. The second kappa shape index (κ2) is 10.7. The van der Waals surface area contributed by atoms with Gasteiger partial charge < -0.3 is 15.0 Å². The molecule has 1 aliphatic rings. The summed E-state index contributed by atoms with van der Waals surface area (Å²) in [5.41, 5.74) is 4.24. The van der Waals surface area contributed by atoms with E-state index in [1.807, 2.05) is 61.5 Å². The number of carbonyl (C=O) groups is 2. The molecule has 6 heteroatoms. The van der Waals surface area contributed by atoms with Crippen LogP contribution in [0.25, 0.3) is 6.08 Å². The lowest BCUT2D eigenvalue weighted by atomic mass is 10.00. The van der Waals surface area contributed by atoms with Crippen molar-refractivity contribution in [3.05, 3.63) is 95.2 Å². The summed E-state index contributed by atoms with van der Waals surface area (Å²) >= 11 is 0. The van der Waals surface area contributed by atoms with E-state index in [-0.39, 0.29) is 11.7 Å². The molecule has 1 amide bonds. The van der Waals surface area contributed by atoms with Crippen LogP contribution in [-0.4, -0.2) is 43.0 Å². The lowest BCUT2D eigenvalue weighted by Crippen LogP contribution is -2.36. The Morgan fingerprint density at radius 2 is 1.88 bits per heavy atom. The summed E-state index contributed by atoms with van der Waals surface area (Å²) in [4.78, 5) is 31.6. The Labute approximate surface area is 193 Å². The van der Waals surface area contributed by atoms with E-state index in [9.17, 15) is 9.59 Å². The van der Waals surface area contributed by atoms with Crippen LogP contribution in [0.15, 0.2) is 72.9 Å². The molecule has 168 valence electrons. The number of nitrogens with zero attached hydrogens (tertiary/aromatic N) is 2. The molecule has 0 atom stereocenters. The van der Waals surface area contributed by atoms with E-state index in [4.69, 9.17) is 4.74 Å². The Hall–Kier alpha value is -3.77. The molecule has 0 spiro atoms. The SMILES string of the molecule is Cc1cccc(C(=O)Cc2cccc(/C=C/C(=O)Nc3ccnc(N4CCOCC4)c3)c2)c1. The van der Waals surface area contributed by atoms with Gasteiger partial charge in [-0.1, -0.05) is 48.0 Å². The molecule has 0 radical (unpaired) electrons. The Morgan fingerprint density at radius 3 is 2.70 bits per heavy atom. The van der Waals surface area contributed by atoms with Crippen LogP contribution in [-0.2, 0) is 16.0 Å². The maximum Gasteiger partial charge on any atom is 0.248 e. The summed E-state index contributed by atoms with van der Waals surface area (Å²) in [5.74, 6) is 0.674. The number of carbonyl (C=O) groups excluding carboxylic acids is 2. The number of nitrogens with one attached hydrogen (secondary N) is 1. The number of benzene rings is 2. The van der Waals surface area contributed by atoms with Crippen LogP contribution in [0, 0.1) is 6.92 Å². The van der Waals surface area contributed by atoms with Crippen molar-refractivity contribution in [3.63, 3.8) is 0 Å². The van der Waals surface area contributed by atoms with Gasteiger partial charge in [-0.15, -0.1) is 0 Å². The van der Waals surface area contributed by atoms with Crippen molar-refractivity contribution in [3.8, 4) is 0 Å². The Balaban J connectivity index is 1.37. The van der Waals surface area contributed by atoms with Crippen molar-refractivity contribution >= 4 is 29.3 Å². The number of anilines is 2. The smallest absolute Gasteiger partial charge is 0.248 e. The summed E-state index contributed by atoms with van der Waals surface area (Å²) in [6.45, 7) is 4.90. The Bertz CT molecular complexity index is 1170. The molecule has 1 fully saturated rings. The van der Waals surface area contributed by atoms with Crippen LogP contribution in [0.2, 0.25) is 0 Å². The minimum Gasteiger partial charge on any atom is -0.378 e. The maximum atomic E-state index is 12.6. The third-order valence-corrected chi connectivity index (χ3v) is 5.43. The van der Waals surface area contributed by atoms with E-state index in [1.165, 1.54) is 6.08 Å². The monoisotopic (exact) mass is 441 g/mol. The number of aryl methyl sites for hydroxylation is 1. The zero-order valence-corrected chi connectivity index (χ0v) is 18.7. The highest BCUT2D eigenvalue weighted by atomic mass is 16.5. The van der Waals surface area contributed by atoms with Crippen molar-refractivity contribution < 1.29 is 14.3 Å². The van der Waals surface area contributed by atoms with Crippen LogP contribution in [0.4, 0.5) is 11.5 Å². The van der Waals surface area contributed by atoms with E-state index >= 15 is 0 Å². The van der Waals surface area contributed by atoms with Gasteiger partial charge in [-0.2, -0.15) is 0 Å². The largest absolute Gasteiger partial charge is 0.378 e. The van der Waals surface area contributed by atoms with Gasteiger partial charge in [-0.3, -0.25) is 9.59 Å². The summed E-state index contributed by atoms with van der Waals surface area (Å²) in [6.07, 6.45) is 5.26. The molecule has 0 saturated carbocycles. The molecule has 1 aliphatic heterocycles. The van der Waals surface area contributed by atoms with E-state index in [0.717, 1.165) is 35.6 Å². The number of Topliss-reactive ketones (excluding diaryl/α,β-unsaturated/α-hetero) is 1. The number of ketones is 1. The van der Waals surface area contributed by atoms with Gasteiger partial charge in [0.2, 0.25) is 5.91 Å². The van der Waals surface area contributed by atoms with Crippen molar-refractivity contribution in [1.29, 1.82) is 0 Å². The number of ether oxygens (including phenoxy) is 1. The molecule has 1 saturated heterocycles. The lowest BCUT2D eigenvalue weighted by molar-refractivity contribution is -0.111. The van der Waals surface area contributed by atoms with Crippen molar-refractivity contribution in [2.45, 2.75) is 13.3 Å². The van der Waals surface area contributed by atoms with Crippen molar-refractivity contribution in [2.75, 3.05) is 36.5 Å². The number of pyridine rings is 1. The highest BCUT2D eigenvalue weighted by molar-refractivity contribution is 6.02. The molecule has 1 N–H and O–H groups in total. The van der Waals surface area contributed by atoms with Gasteiger partial charge in [0.1, 0.15) is 5.82 Å². The second-order valence-corrected chi connectivity index (χ2v) is 8.04. The average Bonchev–Trinajstić information content (AvgIpc) is 2.84. The summed E-state index contributed by atoms with van der Waals surface area (Å²) in [6, 6.07) is 18.9. The van der Waals surface area contributed by atoms with Gasteiger partial charge >= 0.3 is 0 Å².